The Morgan fingerprint density at radius 3 is 2.56 bits per heavy atom. The molecule has 1 aliphatic carbocycles. The number of hydrogen-bond donors (Lipinski definition) is 2. The van der Waals surface area contributed by atoms with Crippen LogP contribution in [-0.2, 0) is 4.79 Å². The molecular weight excluding hydrogens is 324 g/mol. The molecule has 1 saturated heterocycles. The topological polar surface area (TPSA) is 125 Å². The maximum Gasteiger partial charge on any atom is 0.269 e. The predicted octanol–water partition coefficient (Wildman–Crippen LogP) is 1.79. The molecule has 25 heavy (non-hydrogen) atoms. The van der Waals surface area contributed by atoms with E-state index in [-0.39, 0.29) is 40.5 Å². The van der Waals surface area contributed by atoms with E-state index >= 15 is 0 Å². The van der Waals surface area contributed by atoms with Crippen LogP contribution in [0.5, 0.6) is 0 Å². The average molecular weight is 340 g/mol. The normalized spacial score (nSPS) is 24.2. The van der Waals surface area contributed by atoms with E-state index in [1.54, 1.807) is 0 Å². The number of ketones is 1. The highest BCUT2D eigenvalue weighted by molar-refractivity contribution is 6.12. The first kappa shape index (κ1) is 16.6. The summed E-state index contributed by atoms with van der Waals surface area (Å²) < 4.78 is 0. The van der Waals surface area contributed by atoms with Gasteiger partial charge in [-0.05, 0) is 25.0 Å². The van der Waals surface area contributed by atoms with Crippen LogP contribution in [0.4, 0.5) is 5.69 Å². The Labute approximate surface area is 143 Å². The van der Waals surface area contributed by atoms with E-state index in [0.717, 1.165) is 25.7 Å². The van der Waals surface area contributed by atoms with Gasteiger partial charge in [-0.15, -0.1) is 0 Å². The van der Waals surface area contributed by atoms with Crippen molar-refractivity contribution in [3.8, 4) is 6.07 Å². The third-order valence-electron chi connectivity index (χ3n) is 4.61. The molecule has 8 nitrogen and oxygen atoms in total. The van der Waals surface area contributed by atoms with E-state index in [9.17, 15) is 25.0 Å². The number of rotatable bonds is 3. The molecule has 8 heteroatoms. The molecule has 1 heterocycles. The molecule has 1 aromatic rings. The summed E-state index contributed by atoms with van der Waals surface area (Å²) in [6.07, 6.45) is 3.58. The van der Waals surface area contributed by atoms with Crippen LogP contribution in [0.25, 0.3) is 0 Å². The Balaban J connectivity index is 1.89. The zero-order valence-corrected chi connectivity index (χ0v) is 13.3. The predicted molar refractivity (Wildman–Crippen MR) is 87.1 cm³/mol. The first-order valence-electron chi connectivity index (χ1n) is 8.02. The Hall–Kier alpha value is -3.21. The third kappa shape index (κ3) is 3.21. The summed E-state index contributed by atoms with van der Waals surface area (Å²) in [6.45, 7) is 0. The van der Waals surface area contributed by atoms with Gasteiger partial charge in [0.25, 0.3) is 5.69 Å². The van der Waals surface area contributed by atoms with E-state index in [4.69, 9.17) is 0 Å². The van der Waals surface area contributed by atoms with Crippen molar-refractivity contribution >= 4 is 17.4 Å². The number of nitrogens with zero attached hydrogens (tertiary/aromatic N) is 2. The van der Waals surface area contributed by atoms with Crippen LogP contribution in [0.15, 0.2) is 35.7 Å². The fourth-order valence-electron chi connectivity index (χ4n) is 3.29. The van der Waals surface area contributed by atoms with Gasteiger partial charge in [-0.25, -0.2) is 0 Å². The fraction of sp³-hybridized carbons (Fsp3) is 0.353. The number of carbonyl (C=O) groups is 2. The van der Waals surface area contributed by atoms with Crippen LogP contribution in [0, 0.1) is 27.4 Å². The lowest BCUT2D eigenvalue weighted by atomic mass is 9.82. The highest BCUT2D eigenvalue weighted by Gasteiger charge is 2.37. The van der Waals surface area contributed by atoms with Crippen molar-refractivity contribution in [2.24, 2.45) is 5.92 Å². The van der Waals surface area contributed by atoms with E-state index in [1.807, 2.05) is 6.07 Å². The van der Waals surface area contributed by atoms with Gasteiger partial charge < -0.3 is 10.6 Å². The smallest absolute Gasteiger partial charge is 0.269 e. The number of carbonyl (C=O) groups excluding carboxylic acids is 2. The van der Waals surface area contributed by atoms with Crippen LogP contribution < -0.4 is 10.6 Å². The molecule has 1 saturated carbocycles. The van der Waals surface area contributed by atoms with E-state index in [0.29, 0.717) is 0 Å². The van der Waals surface area contributed by atoms with Crippen molar-refractivity contribution in [3.05, 3.63) is 51.3 Å². The number of fused-ring (bicyclic) bond motifs is 1. The molecule has 0 spiro atoms. The van der Waals surface area contributed by atoms with Gasteiger partial charge >= 0.3 is 0 Å². The number of nitriles is 1. The molecule has 0 aromatic heterocycles. The monoisotopic (exact) mass is 340 g/mol. The largest absolute Gasteiger partial charge is 0.367 e. The average Bonchev–Trinajstić information content (AvgIpc) is 2.62. The fourth-order valence-corrected chi connectivity index (χ4v) is 3.29. The number of non-ortho nitro benzene ring substituents is 1. The molecule has 2 N–H and O–H groups in total. The van der Waals surface area contributed by atoms with Gasteiger partial charge in [-0.3, -0.25) is 19.7 Å². The SMILES string of the molecule is N#C/C(C(=O)c1ccc([N+](=O)[O-])cc1)=C1\NC(=O)C2CCCCC2N1. The maximum atomic E-state index is 12.6. The van der Waals surface area contributed by atoms with Crippen molar-refractivity contribution < 1.29 is 14.5 Å². The van der Waals surface area contributed by atoms with E-state index in [1.165, 1.54) is 24.3 Å². The Kier molecular flexibility index (Phi) is 4.48. The number of hydrogen-bond acceptors (Lipinski definition) is 6. The van der Waals surface area contributed by atoms with E-state index in [2.05, 4.69) is 10.6 Å². The van der Waals surface area contributed by atoms with Crippen LogP contribution in [0.1, 0.15) is 36.0 Å². The molecule has 1 aromatic carbocycles. The van der Waals surface area contributed by atoms with Crippen LogP contribution >= 0.6 is 0 Å². The van der Waals surface area contributed by atoms with Gasteiger partial charge in [0.15, 0.2) is 0 Å². The lowest BCUT2D eigenvalue weighted by Gasteiger charge is -2.37. The van der Waals surface area contributed by atoms with Crippen molar-refractivity contribution in [3.63, 3.8) is 0 Å². The van der Waals surface area contributed by atoms with Gasteiger partial charge in [-0.1, -0.05) is 12.8 Å². The van der Waals surface area contributed by atoms with Crippen molar-refractivity contribution in [2.75, 3.05) is 0 Å². The summed E-state index contributed by atoms with van der Waals surface area (Å²) in [7, 11) is 0. The third-order valence-corrected chi connectivity index (χ3v) is 4.61. The van der Waals surface area contributed by atoms with Crippen molar-refractivity contribution in [1.82, 2.24) is 10.6 Å². The number of nitro benzene ring substituents is 1. The quantitative estimate of drug-likeness (QED) is 0.284. The zero-order chi connectivity index (χ0) is 18.0. The molecule has 2 aliphatic rings. The van der Waals surface area contributed by atoms with Crippen molar-refractivity contribution in [1.29, 1.82) is 5.26 Å². The molecule has 0 bridgehead atoms. The molecule has 2 atom stereocenters. The first-order chi connectivity index (χ1) is 12.0. The van der Waals surface area contributed by atoms with Gasteiger partial charge in [0.05, 0.1) is 10.8 Å². The minimum Gasteiger partial charge on any atom is -0.367 e. The standard InChI is InChI=1S/C17H16N4O4/c18-9-13(15(22)10-5-7-11(8-6-10)21(24)25)16-19-14-4-2-1-3-12(14)17(23)20-16/h5-8,12,14,19H,1-4H2,(H,20,23)/b16-13+. The minimum atomic E-state index is -0.588. The number of allylic oxidation sites excluding steroid dienone is 1. The van der Waals surface area contributed by atoms with Gasteiger partial charge in [-0.2, -0.15) is 5.26 Å². The second kappa shape index (κ2) is 6.73. The van der Waals surface area contributed by atoms with Crippen LogP contribution in [0.2, 0.25) is 0 Å². The lowest BCUT2D eigenvalue weighted by molar-refractivity contribution is -0.384. The molecule has 1 amide bonds. The summed E-state index contributed by atoms with van der Waals surface area (Å²) in [6, 6.07) is 6.77. The number of benzene rings is 1. The molecule has 2 unspecified atom stereocenters. The second-order valence-electron chi connectivity index (χ2n) is 6.13. The summed E-state index contributed by atoms with van der Waals surface area (Å²) in [5.74, 6) is -0.789. The van der Waals surface area contributed by atoms with Crippen molar-refractivity contribution in [2.45, 2.75) is 31.7 Å². The Morgan fingerprint density at radius 1 is 1.24 bits per heavy atom. The van der Waals surface area contributed by atoms with E-state index < -0.39 is 10.7 Å². The van der Waals surface area contributed by atoms with Gasteiger partial charge in [0, 0.05) is 23.7 Å². The number of amides is 1. The highest BCUT2D eigenvalue weighted by atomic mass is 16.6. The summed E-state index contributed by atoms with van der Waals surface area (Å²) in [4.78, 5) is 35.0. The number of nitro groups is 1. The molecule has 2 fully saturated rings. The van der Waals surface area contributed by atoms with Gasteiger partial charge in [0.2, 0.25) is 11.7 Å². The van der Waals surface area contributed by atoms with Gasteiger partial charge in [0.1, 0.15) is 17.5 Å². The number of Topliss-reactive ketones (excluding diaryl/α,β-unsaturated/α-hetero) is 1. The maximum absolute atomic E-state index is 12.6. The molecule has 0 radical (unpaired) electrons. The Morgan fingerprint density at radius 2 is 1.92 bits per heavy atom. The Bertz CT molecular complexity index is 807. The van der Waals surface area contributed by atoms with Crippen LogP contribution in [-0.4, -0.2) is 22.7 Å². The lowest BCUT2D eigenvalue weighted by Crippen LogP contribution is -2.55. The molecule has 128 valence electrons. The summed E-state index contributed by atoms with van der Waals surface area (Å²) in [5.41, 5.74) is -0.195. The van der Waals surface area contributed by atoms with Crippen LogP contribution in [0.3, 0.4) is 0 Å². The molecule has 1 aliphatic heterocycles. The molecular formula is C17H16N4O4. The molecule has 3 rings (SSSR count). The summed E-state index contributed by atoms with van der Waals surface area (Å²) in [5, 5.41) is 25.8. The highest BCUT2D eigenvalue weighted by Crippen LogP contribution is 2.28. The zero-order valence-electron chi connectivity index (χ0n) is 13.3. The minimum absolute atomic E-state index is 0.0782. The second-order valence-corrected chi connectivity index (χ2v) is 6.13. The first-order valence-corrected chi connectivity index (χ1v) is 8.02. The number of nitrogens with one attached hydrogen (secondary N) is 2. The summed E-state index contributed by atoms with van der Waals surface area (Å²) >= 11 is 0.